The van der Waals surface area contributed by atoms with Gasteiger partial charge in [0.25, 0.3) is 0 Å². The molecule has 0 saturated heterocycles. The molecule has 0 bridgehead atoms. The zero-order valence-electron chi connectivity index (χ0n) is 37.5. The Balaban J connectivity index is 0.924. The molecule has 2 nitrogen and oxygen atoms in total. The Morgan fingerprint density at radius 3 is 1.16 bits per heavy atom. The number of hydrogen-bond acceptors (Lipinski definition) is 1. The van der Waals surface area contributed by atoms with Crippen LogP contribution in [0.25, 0.3) is 94.3 Å². The van der Waals surface area contributed by atoms with Crippen LogP contribution in [0.4, 0.5) is 17.1 Å². The van der Waals surface area contributed by atoms with Crippen LogP contribution in [0.5, 0.6) is 0 Å². The highest BCUT2D eigenvalue weighted by molar-refractivity contribution is 6.10. The number of para-hydroxylation sites is 2. The van der Waals surface area contributed by atoms with Gasteiger partial charge in [-0.2, -0.15) is 0 Å². The predicted molar refractivity (Wildman–Crippen MR) is 288 cm³/mol. The van der Waals surface area contributed by atoms with Crippen molar-refractivity contribution < 1.29 is 0 Å². The van der Waals surface area contributed by atoms with Crippen LogP contribution < -0.4 is 4.90 Å². The summed E-state index contributed by atoms with van der Waals surface area (Å²) in [5, 5.41) is 2.46. The third kappa shape index (κ3) is 7.74. The molecule has 2 heteroatoms. The molecule has 12 rings (SSSR count). The maximum absolute atomic E-state index is 2.43. The lowest BCUT2D eigenvalue weighted by Gasteiger charge is -2.28. The predicted octanol–water partition coefficient (Wildman–Crippen LogP) is 18.3. The van der Waals surface area contributed by atoms with Gasteiger partial charge >= 0.3 is 0 Å². The molecule has 0 aliphatic carbocycles. The summed E-state index contributed by atoms with van der Waals surface area (Å²) < 4.78 is 2.43. The van der Waals surface area contributed by atoms with Crippen LogP contribution in [0, 0.1) is 0 Å². The van der Waals surface area contributed by atoms with Crippen LogP contribution in [0.15, 0.2) is 279 Å². The van der Waals surface area contributed by atoms with Gasteiger partial charge in [0, 0.05) is 33.4 Å². The number of anilines is 3. The number of hydrogen-bond donors (Lipinski definition) is 0. The molecular formula is C66H46N2. The van der Waals surface area contributed by atoms with E-state index < -0.39 is 0 Å². The molecule has 11 aromatic carbocycles. The third-order valence-electron chi connectivity index (χ3n) is 13.2. The second-order valence-electron chi connectivity index (χ2n) is 17.3. The Bertz CT molecular complexity index is 3530. The van der Waals surface area contributed by atoms with Gasteiger partial charge in [0.05, 0.1) is 16.7 Å². The minimum absolute atomic E-state index is 1.09. The Morgan fingerprint density at radius 2 is 0.618 bits per heavy atom. The molecule has 0 N–H and O–H groups in total. The average Bonchev–Trinajstić information content (AvgIpc) is 3.76. The number of rotatable bonds is 10. The normalized spacial score (nSPS) is 11.2. The van der Waals surface area contributed by atoms with Crippen LogP contribution in [-0.4, -0.2) is 4.57 Å². The molecule has 0 radical (unpaired) electrons. The van der Waals surface area contributed by atoms with Crippen molar-refractivity contribution in [2.45, 2.75) is 0 Å². The molecule has 0 fully saturated rings. The fourth-order valence-corrected chi connectivity index (χ4v) is 9.81. The van der Waals surface area contributed by atoms with Crippen molar-refractivity contribution in [3.8, 4) is 72.4 Å². The smallest absolute Gasteiger partial charge is 0.0541 e. The van der Waals surface area contributed by atoms with Gasteiger partial charge in [0.1, 0.15) is 0 Å². The molecule has 1 heterocycles. The Labute approximate surface area is 397 Å². The van der Waals surface area contributed by atoms with Gasteiger partial charge in [0.15, 0.2) is 0 Å². The molecule has 1 aromatic heterocycles. The number of fused-ring (bicyclic) bond motifs is 3. The van der Waals surface area contributed by atoms with Gasteiger partial charge in [-0.1, -0.05) is 212 Å². The Morgan fingerprint density at radius 1 is 0.235 bits per heavy atom. The van der Waals surface area contributed by atoms with Crippen molar-refractivity contribution in [3.05, 3.63) is 279 Å². The fraction of sp³-hybridized carbons (Fsp3) is 0. The summed E-state index contributed by atoms with van der Waals surface area (Å²) in [6.07, 6.45) is 0. The lowest BCUT2D eigenvalue weighted by Crippen LogP contribution is -2.11. The van der Waals surface area contributed by atoms with Gasteiger partial charge in [0.2, 0.25) is 0 Å². The summed E-state index contributed by atoms with van der Waals surface area (Å²) >= 11 is 0. The summed E-state index contributed by atoms with van der Waals surface area (Å²) in [5.74, 6) is 0. The van der Waals surface area contributed by atoms with E-state index in [0.717, 1.165) is 33.9 Å². The zero-order valence-corrected chi connectivity index (χ0v) is 37.5. The van der Waals surface area contributed by atoms with Gasteiger partial charge in [-0.05, 0) is 128 Å². The summed E-state index contributed by atoms with van der Waals surface area (Å²) in [6.45, 7) is 0. The Kier molecular flexibility index (Phi) is 10.6. The van der Waals surface area contributed by atoms with E-state index in [-0.39, 0.29) is 0 Å². The van der Waals surface area contributed by atoms with E-state index >= 15 is 0 Å². The fourth-order valence-electron chi connectivity index (χ4n) is 9.81. The third-order valence-corrected chi connectivity index (χ3v) is 13.2. The molecule has 320 valence electrons. The van der Waals surface area contributed by atoms with Crippen molar-refractivity contribution in [1.82, 2.24) is 4.57 Å². The SMILES string of the molecule is c1ccc(-c2ccc(N(c3ccc(-c4ccccc4)cc3)c3ccccc3-c3ccc(-c4ccc5c(c4)c4ccccc4n5-c4cc(-c5ccccc5)cc(-c5ccccc5)c4)cc3)cc2)cc1. The standard InChI is InChI=1S/C66H46N2/c1-5-17-47(18-6-1)51-33-38-58(39-34-51)67(59-40-35-52(36-41-59)48-19-7-2-8-20-48)64-27-15-13-25-61(64)54-31-29-53(30-32-54)55-37-42-66-63(46-55)62-26-14-16-28-65(62)68(66)60-44-56(49-21-9-3-10-22-49)43-57(45-60)50-23-11-4-12-24-50/h1-46H. The van der Waals surface area contributed by atoms with Crippen LogP contribution in [0.1, 0.15) is 0 Å². The highest BCUT2D eigenvalue weighted by atomic mass is 15.1. The number of benzene rings is 11. The minimum Gasteiger partial charge on any atom is -0.310 e. The highest BCUT2D eigenvalue weighted by Gasteiger charge is 2.19. The van der Waals surface area contributed by atoms with Crippen LogP contribution >= 0.6 is 0 Å². The summed E-state index contributed by atoms with van der Waals surface area (Å²) in [5.41, 5.74) is 21.0. The van der Waals surface area contributed by atoms with E-state index in [4.69, 9.17) is 0 Å². The van der Waals surface area contributed by atoms with Crippen LogP contribution in [-0.2, 0) is 0 Å². The molecule has 0 saturated carbocycles. The van der Waals surface area contributed by atoms with Crippen LogP contribution in [0.2, 0.25) is 0 Å². The summed E-state index contributed by atoms with van der Waals surface area (Å²) in [7, 11) is 0. The van der Waals surface area contributed by atoms with E-state index in [0.29, 0.717) is 0 Å². The van der Waals surface area contributed by atoms with Gasteiger partial charge in [-0.25, -0.2) is 0 Å². The molecule has 0 aliphatic heterocycles. The molecule has 0 unspecified atom stereocenters. The van der Waals surface area contributed by atoms with Crippen molar-refractivity contribution in [2.75, 3.05) is 4.90 Å². The molecular weight excluding hydrogens is 821 g/mol. The lowest BCUT2D eigenvalue weighted by molar-refractivity contribution is 1.18. The van der Waals surface area contributed by atoms with E-state index in [2.05, 4.69) is 289 Å². The first-order valence-corrected chi connectivity index (χ1v) is 23.3. The van der Waals surface area contributed by atoms with Crippen LogP contribution in [0.3, 0.4) is 0 Å². The van der Waals surface area contributed by atoms with Crippen molar-refractivity contribution in [1.29, 1.82) is 0 Å². The van der Waals surface area contributed by atoms with Gasteiger partial charge in [-0.15, -0.1) is 0 Å². The lowest BCUT2D eigenvalue weighted by atomic mass is 9.97. The highest BCUT2D eigenvalue weighted by Crippen LogP contribution is 2.43. The molecule has 0 atom stereocenters. The average molecular weight is 867 g/mol. The Hall–Kier alpha value is -8.98. The summed E-state index contributed by atoms with van der Waals surface area (Å²) in [4.78, 5) is 2.38. The van der Waals surface area contributed by atoms with Gasteiger partial charge in [-0.3, -0.25) is 0 Å². The monoisotopic (exact) mass is 866 g/mol. The number of nitrogens with zero attached hydrogens (tertiary/aromatic N) is 2. The number of aromatic nitrogens is 1. The second-order valence-corrected chi connectivity index (χ2v) is 17.3. The molecule has 12 aromatic rings. The topological polar surface area (TPSA) is 8.17 Å². The first-order valence-electron chi connectivity index (χ1n) is 23.3. The molecule has 0 spiro atoms. The molecule has 0 aliphatic rings. The minimum atomic E-state index is 1.09. The second kappa shape index (κ2) is 17.8. The van der Waals surface area contributed by atoms with E-state index in [9.17, 15) is 0 Å². The molecule has 68 heavy (non-hydrogen) atoms. The summed E-state index contributed by atoms with van der Waals surface area (Å²) in [6, 6.07) is 101. The molecule has 0 amide bonds. The van der Waals surface area contributed by atoms with E-state index in [1.54, 1.807) is 0 Å². The quantitative estimate of drug-likeness (QED) is 0.133. The van der Waals surface area contributed by atoms with Gasteiger partial charge < -0.3 is 9.47 Å². The maximum atomic E-state index is 2.43. The van der Waals surface area contributed by atoms with Crippen molar-refractivity contribution in [3.63, 3.8) is 0 Å². The largest absolute Gasteiger partial charge is 0.310 e. The van der Waals surface area contributed by atoms with E-state index in [1.807, 2.05) is 0 Å². The van der Waals surface area contributed by atoms with Crippen molar-refractivity contribution >= 4 is 38.9 Å². The van der Waals surface area contributed by atoms with Crippen molar-refractivity contribution in [2.24, 2.45) is 0 Å². The van der Waals surface area contributed by atoms with E-state index in [1.165, 1.54) is 77.4 Å². The first kappa shape index (κ1) is 40.5. The first-order chi connectivity index (χ1) is 33.7. The maximum Gasteiger partial charge on any atom is 0.0541 e. The zero-order chi connectivity index (χ0) is 45.2.